The SMILES string of the molecule is CCC(C)NC(=O)c1cc(C)nc(N(C)c2ccccc2)n1. The minimum atomic E-state index is -0.164. The lowest BCUT2D eigenvalue weighted by Gasteiger charge is -2.18. The third kappa shape index (κ3) is 3.81. The minimum Gasteiger partial charge on any atom is -0.348 e. The molecule has 0 radical (unpaired) electrons. The van der Waals surface area contributed by atoms with Gasteiger partial charge in [0.05, 0.1) is 0 Å². The molecule has 2 aromatic rings. The molecule has 0 aliphatic carbocycles. The van der Waals surface area contributed by atoms with Crippen LogP contribution in [0.5, 0.6) is 0 Å². The monoisotopic (exact) mass is 298 g/mol. The molecule has 1 aromatic carbocycles. The largest absolute Gasteiger partial charge is 0.348 e. The van der Waals surface area contributed by atoms with E-state index < -0.39 is 0 Å². The van der Waals surface area contributed by atoms with Crippen molar-refractivity contribution in [3.8, 4) is 0 Å². The van der Waals surface area contributed by atoms with Crippen LogP contribution in [0.1, 0.15) is 36.5 Å². The zero-order valence-corrected chi connectivity index (χ0v) is 13.5. The molecule has 0 spiro atoms. The van der Waals surface area contributed by atoms with Gasteiger partial charge in [0, 0.05) is 24.5 Å². The van der Waals surface area contributed by atoms with E-state index in [0.29, 0.717) is 11.6 Å². The number of nitrogens with zero attached hydrogens (tertiary/aromatic N) is 3. The summed E-state index contributed by atoms with van der Waals surface area (Å²) in [7, 11) is 1.89. The Morgan fingerprint density at radius 2 is 1.95 bits per heavy atom. The molecule has 0 bridgehead atoms. The number of hydrogen-bond donors (Lipinski definition) is 1. The van der Waals surface area contributed by atoms with Gasteiger partial charge in [0.15, 0.2) is 0 Å². The maximum absolute atomic E-state index is 12.3. The Morgan fingerprint density at radius 3 is 2.59 bits per heavy atom. The molecule has 2 rings (SSSR count). The second-order valence-electron chi connectivity index (χ2n) is 5.37. The van der Waals surface area contributed by atoms with Gasteiger partial charge in [-0.3, -0.25) is 4.79 Å². The molecule has 22 heavy (non-hydrogen) atoms. The Kier molecular flexibility index (Phi) is 5.09. The molecule has 0 fully saturated rings. The summed E-state index contributed by atoms with van der Waals surface area (Å²) < 4.78 is 0. The first kappa shape index (κ1) is 15.9. The van der Waals surface area contributed by atoms with Crippen LogP contribution < -0.4 is 10.2 Å². The van der Waals surface area contributed by atoms with Gasteiger partial charge in [-0.2, -0.15) is 0 Å². The predicted octanol–water partition coefficient (Wildman–Crippen LogP) is 3.08. The number of rotatable bonds is 5. The van der Waals surface area contributed by atoms with E-state index in [-0.39, 0.29) is 11.9 Å². The Bertz CT molecular complexity index is 642. The number of anilines is 2. The molecule has 1 aromatic heterocycles. The highest BCUT2D eigenvalue weighted by atomic mass is 16.1. The molecular weight excluding hydrogens is 276 g/mol. The zero-order chi connectivity index (χ0) is 16.1. The van der Waals surface area contributed by atoms with Crippen LogP contribution in [-0.4, -0.2) is 29.0 Å². The Hall–Kier alpha value is -2.43. The smallest absolute Gasteiger partial charge is 0.270 e. The van der Waals surface area contributed by atoms with Gasteiger partial charge in [-0.15, -0.1) is 0 Å². The molecule has 0 aliphatic heterocycles. The van der Waals surface area contributed by atoms with E-state index in [1.54, 1.807) is 6.07 Å². The standard InChI is InChI=1S/C17H22N4O/c1-5-12(2)18-16(22)15-11-13(3)19-17(20-15)21(4)14-9-7-6-8-10-14/h6-12H,5H2,1-4H3,(H,18,22). The van der Waals surface area contributed by atoms with E-state index in [1.165, 1.54) is 0 Å². The topological polar surface area (TPSA) is 58.1 Å². The summed E-state index contributed by atoms with van der Waals surface area (Å²) in [6.45, 7) is 5.87. The molecule has 116 valence electrons. The van der Waals surface area contributed by atoms with Crippen LogP contribution >= 0.6 is 0 Å². The summed E-state index contributed by atoms with van der Waals surface area (Å²) in [5, 5.41) is 2.93. The highest BCUT2D eigenvalue weighted by molar-refractivity contribution is 5.92. The number of carbonyl (C=O) groups is 1. The van der Waals surface area contributed by atoms with Crippen molar-refractivity contribution in [3.05, 3.63) is 47.8 Å². The zero-order valence-electron chi connectivity index (χ0n) is 13.5. The number of aryl methyl sites for hydroxylation is 1. The van der Waals surface area contributed by atoms with Crippen LogP contribution in [0.3, 0.4) is 0 Å². The van der Waals surface area contributed by atoms with Gasteiger partial charge in [0.1, 0.15) is 5.69 Å². The van der Waals surface area contributed by atoms with Crippen LogP contribution in [-0.2, 0) is 0 Å². The summed E-state index contributed by atoms with van der Waals surface area (Å²) in [5.74, 6) is 0.350. The highest BCUT2D eigenvalue weighted by Crippen LogP contribution is 2.20. The Labute approximate surface area is 131 Å². The molecule has 0 saturated carbocycles. The normalized spacial score (nSPS) is 11.8. The van der Waals surface area contributed by atoms with Crippen molar-refractivity contribution in [1.82, 2.24) is 15.3 Å². The first-order valence-electron chi connectivity index (χ1n) is 7.46. The van der Waals surface area contributed by atoms with Crippen LogP contribution in [0.25, 0.3) is 0 Å². The average Bonchev–Trinajstić information content (AvgIpc) is 2.54. The molecule has 1 atom stereocenters. The summed E-state index contributed by atoms with van der Waals surface area (Å²) in [6.07, 6.45) is 0.882. The van der Waals surface area contributed by atoms with Gasteiger partial charge >= 0.3 is 0 Å². The molecule has 5 heteroatoms. The van der Waals surface area contributed by atoms with E-state index in [1.807, 2.05) is 63.1 Å². The second kappa shape index (κ2) is 7.02. The van der Waals surface area contributed by atoms with Crippen molar-refractivity contribution in [2.24, 2.45) is 0 Å². The molecule has 1 amide bonds. The highest BCUT2D eigenvalue weighted by Gasteiger charge is 2.15. The molecule has 1 N–H and O–H groups in total. The van der Waals surface area contributed by atoms with Crippen LogP contribution in [0, 0.1) is 6.92 Å². The Balaban J connectivity index is 2.29. The number of nitrogens with one attached hydrogen (secondary N) is 1. The van der Waals surface area contributed by atoms with Crippen LogP contribution in [0.4, 0.5) is 11.6 Å². The molecule has 5 nitrogen and oxygen atoms in total. The van der Waals surface area contributed by atoms with E-state index in [4.69, 9.17) is 0 Å². The van der Waals surface area contributed by atoms with E-state index in [0.717, 1.165) is 17.8 Å². The molecule has 1 unspecified atom stereocenters. The van der Waals surface area contributed by atoms with Crippen LogP contribution in [0.2, 0.25) is 0 Å². The lowest BCUT2D eigenvalue weighted by molar-refractivity contribution is 0.0934. The molecule has 0 aliphatic rings. The van der Waals surface area contributed by atoms with Crippen molar-refractivity contribution in [3.63, 3.8) is 0 Å². The first-order valence-corrected chi connectivity index (χ1v) is 7.46. The quantitative estimate of drug-likeness (QED) is 0.921. The molecular formula is C17H22N4O. The van der Waals surface area contributed by atoms with Gasteiger partial charge in [-0.25, -0.2) is 9.97 Å². The van der Waals surface area contributed by atoms with E-state index in [9.17, 15) is 4.79 Å². The second-order valence-corrected chi connectivity index (χ2v) is 5.37. The summed E-state index contributed by atoms with van der Waals surface area (Å²) in [4.78, 5) is 23.0. The van der Waals surface area contributed by atoms with Gasteiger partial charge in [-0.1, -0.05) is 25.1 Å². The van der Waals surface area contributed by atoms with Crippen molar-refractivity contribution < 1.29 is 4.79 Å². The maximum atomic E-state index is 12.3. The van der Waals surface area contributed by atoms with Gasteiger partial charge in [-0.05, 0) is 38.5 Å². The number of amides is 1. The maximum Gasteiger partial charge on any atom is 0.270 e. The van der Waals surface area contributed by atoms with Crippen molar-refractivity contribution in [2.45, 2.75) is 33.2 Å². The fourth-order valence-corrected chi connectivity index (χ4v) is 1.99. The van der Waals surface area contributed by atoms with E-state index >= 15 is 0 Å². The third-order valence-corrected chi connectivity index (χ3v) is 3.51. The number of carbonyl (C=O) groups excluding carboxylic acids is 1. The molecule has 0 saturated heterocycles. The first-order chi connectivity index (χ1) is 10.5. The molecule has 1 heterocycles. The number of hydrogen-bond acceptors (Lipinski definition) is 4. The van der Waals surface area contributed by atoms with Crippen molar-refractivity contribution in [2.75, 3.05) is 11.9 Å². The third-order valence-electron chi connectivity index (χ3n) is 3.51. The predicted molar refractivity (Wildman–Crippen MR) is 88.5 cm³/mol. The Morgan fingerprint density at radius 1 is 1.27 bits per heavy atom. The number of para-hydroxylation sites is 1. The minimum absolute atomic E-state index is 0.123. The van der Waals surface area contributed by atoms with Crippen molar-refractivity contribution in [1.29, 1.82) is 0 Å². The average molecular weight is 298 g/mol. The number of benzene rings is 1. The van der Waals surface area contributed by atoms with Gasteiger partial charge < -0.3 is 10.2 Å². The number of aromatic nitrogens is 2. The fourth-order valence-electron chi connectivity index (χ4n) is 1.99. The lowest BCUT2D eigenvalue weighted by atomic mass is 10.2. The summed E-state index contributed by atoms with van der Waals surface area (Å²) in [6, 6.07) is 11.7. The van der Waals surface area contributed by atoms with Gasteiger partial charge in [0.25, 0.3) is 5.91 Å². The summed E-state index contributed by atoms with van der Waals surface area (Å²) >= 11 is 0. The summed E-state index contributed by atoms with van der Waals surface area (Å²) in [5.41, 5.74) is 2.13. The van der Waals surface area contributed by atoms with Crippen LogP contribution in [0.15, 0.2) is 36.4 Å². The lowest BCUT2D eigenvalue weighted by Crippen LogP contribution is -2.33. The van der Waals surface area contributed by atoms with Crippen molar-refractivity contribution >= 4 is 17.5 Å². The van der Waals surface area contributed by atoms with E-state index in [2.05, 4.69) is 15.3 Å². The fraction of sp³-hybridized carbons (Fsp3) is 0.353. The van der Waals surface area contributed by atoms with Gasteiger partial charge in [0.2, 0.25) is 5.95 Å².